The number of benzene rings is 2. The second-order valence-electron chi connectivity index (χ2n) is 6.44. The van der Waals surface area contributed by atoms with Gasteiger partial charge in [0.1, 0.15) is 6.61 Å². The van der Waals surface area contributed by atoms with Crippen LogP contribution in [0, 0.1) is 0 Å². The zero-order chi connectivity index (χ0) is 18.8. The molecule has 0 fully saturated rings. The molecule has 1 unspecified atom stereocenters. The lowest BCUT2D eigenvalue weighted by Gasteiger charge is -2.26. The maximum atomic E-state index is 12.3. The molecule has 0 saturated heterocycles. The maximum Gasteiger partial charge on any atom is 0.410 e. The minimum absolute atomic E-state index is 0.101. The fraction of sp³-hybridized carbons (Fsp3) is 0.300. The maximum absolute atomic E-state index is 12.3. The van der Waals surface area contributed by atoms with Gasteiger partial charge in [0.2, 0.25) is 0 Å². The van der Waals surface area contributed by atoms with Crippen molar-refractivity contribution in [2.75, 3.05) is 13.7 Å². The summed E-state index contributed by atoms with van der Waals surface area (Å²) >= 11 is 0. The quantitative estimate of drug-likeness (QED) is 0.861. The second kappa shape index (κ2) is 7.17. The van der Waals surface area contributed by atoms with E-state index in [0.29, 0.717) is 0 Å². The molecule has 0 aromatic heterocycles. The predicted octanol–water partition coefficient (Wildman–Crippen LogP) is 2.70. The van der Waals surface area contributed by atoms with Crippen molar-refractivity contribution in [1.29, 1.82) is 0 Å². The Hall–Kier alpha value is -2.86. The number of nitrogens with zero attached hydrogens (tertiary/aromatic N) is 1. The van der Waals surface area contributed by atoms with Crippen LogP contribution in [0.1, 0.15) is 24.0 Å². The monoisotopic (exact) mass is 355 g/mol. The van der Waals surface area contributed by atoms with Gasteiger partial charge < -0.3 is 14.9 Å². The van der Waals surface area contributed by atoms with Gasteiger partial charge in [-0.1, -0.05) is 48.5 Å². The molecule has 0 aliphatic heterocycles. The van der Waals surface area contributed by atoms with Crippen molar-refractivity contribution in [3.8, 4) is 11.1 Å². The molecule has 0 bridgehead atoms. The minimum atomic E-state index is -1.36. The molecule has 1 amide bonds. The molecule has 2 aromatic rings. The first kappa shape index (κ1) is 17.9. The van der Waals surface area contributed by atoms with E-state index in [1.54, 1.807) is 0 Å². The number of ether oxygens (including phenoxy) is 1. The van der Waals surface area contributed by atoms with Gasteiger partial charge in [0.15, 0.2) is 6.04 Å². The topological polar surface area (TPSA) is 87.1 Å². The van der Waals surface area contributed by atoms with Crippen LogP contribution in [0.15, 0.2) is 48.5 Å². The molecule has 6 nitrogen and oxygen atoms in total. The van der Waals surface area contributed by atoms with Crippen LogP contribution in [0.2, 0.25) is 0 Å². The molecular formula is C20H21NO5. The largest absolute Gasteiger partial charge is 0.480 e. The summed E-state index contributed by atoms with van der Waals surface area (Å²) in [7, 11) is 1.31. The summed E-state index contributed by atoms with van der Waals surface area (Å²) in [6, 6.07) is 14.6. The predicted molar refractivity (Wildman–Crippen MR) is 95.9 cm³/mol. The highest BCUT2D eigenvalue weighted by Gasteiger charge is 2.33. The first-order valence-corrected chi connectivity index (χ1v) is 8.40. The third-order valence-electron chi connectivity index (χ3n) is 4.75. The number of aliphatic hydroxyl groups excluding tert-OH is 1. The third kappa shape index (κ3) is 3.15. The molecule has 2 atom stereocenters. The Morgan fingerprint density at radius 3 is 2.04 bits per heavy atom. The van der Waals surface area contributed by atoms with Crippen molar-refractivity contribution < 1.29 is 24.5 Å². The second-order valence-corrected chi connectivity index (χ2v) is 6.44. The first-order chi connectivity index (χ1) is 12.4. The molecule has 26 heavy (non-hydrogen) atoms. The Balaban J connectivity index is 1.78. The lowest BCUT2D eigenvalue weighted by Crippen LogP contribution is -2.49. The fourth-order valence-electron chi connectivity index (χ4n) is 3.50. The smallest absolute Gasteiger partial charge is 0.410 e. The summed E-state index contributed by atoms with van der Waals surface area (Å²) in [5.41, 5.74) is 4.39. The first-order valence-electron chi connectivity index (χ1n) is 8.40. The van der Waals surface area contributed by atoms with Gasteiger partial charge in [-0.25, -0.2) is 9.59 Å². The van der Waals surface area contributed by atoms with Crippen LogP contribution in [0.3, 0.4) is 0 Å². The van der Waals surface area contributed by atoms with Crippen LogP contribution in [0.5, 0.6) is 0 Å². The Labute approximate surface area is 151 Å². The van der Waals surface area contributed by atoms with E-state index >= 15 is 0 Å². The number of carboxylic acid groups (broad SMARTS) is 1. The van der Waals surface area contributed by atoms with Gasteiger partial charge in [-0.2, -0.15) is 0 Å². The average molecular weight is 355 g/mol. The molecule has 2 N–H and O–H groups in total. The van der Waals surface area contributed by atoms with Crippen molar-refractivity contribution in [2.45, 2.75) is 25.0 Å². The Bertz CT molecular complexity index is 787. The van der Waals surface area contributed by atoms with E-state index in [1.165, 1.54) is 14.0 Å². The van der Waals surface area contributed by atoms with Crippen molar-refractivity contribution in [3.63, 3.8) is 0 Å². The van der Waals surface area contributed by atoms with E-state index in [-0.39, 0.29) is 12.5 Å². The summed E-state index contributed by atoms with van der Waals surface area (Å²) in [6.45, 7) is 1.43. The molecule has 2 aromatic carbocycles. The molecule has 136 valence electrons. The number of rotatable bonds is 5. The molecule has 0 radical (unpaired) electrons. The molecule has 1 aliphatic rings. The summed E-state index contributed by atoms with van der Waals surface area (Å²) in [5.74, 6) is -1.38. The molecule has 0 saturated carbocycles. The number of amides is 1. The van der Waals surface area contributed by atoms with E-state index in [2.05, 4.69) is 0 Å². The highest BCUT2D eigenvalue weighted by atomic mass is 16.6. The van der Waals surface area contributed by atoms with Crippen molar-refractivity contribution >= 4 is 12.1 Å². The van der Waals surface area contributed by atoms with Gasteiger partial charge in [0, 0.05) is 13.0 Å². The van der Waals surface area contributed by atoms with E-state index < -0.39 is 24.2 Å². The summed E-state index contributed by atoms with van der Waals surface area (Å²) in [4.78, 5) is 24.5. The number of aliphatic hydroxyl groups is 1. The zero-order valence-electron chi connectivity index (χ0n) is 14.6. The summed E-state index contributed by atoms with van der Waals surface area (Å²) < 4.78 is 5.40. The van der Waals surface area contributed by atoms with E-state index in [4.69, 9.17) is 4.74 Å². The number of hydrogen-bond acceptors (Lipinski definition) is 4. The number of carboxylic acids is 1. The SMILES string of the molecule is CC(O)[C@@H](C(=O)O)N(C)C(=O)OCC1c2ccccc2-c2ccccc21. The third-order valence-corrected chi connectivity index (χ3v) is 4.75. The van der Waals surface area contributed by atoms with Crippen LogP contribution >= 0.6 is 0 Å². The minimum Gasteiger partial charge on any atom is -0.480 e. The van der Waals surface area contributed by atoms with Gasteiger partial charge in [-0.15, -0.1) is 0 Å². The van der Waals surface area contributed by atoms with Crippen LogP contribution in [0.4, 0.5) is 4.79 Å². The van der Waals surface area contributed by atoms with E-state index in [1.807, 2.05) is 48.5 Å². The number of carbonyl (C=O) groups excluding carboxylic acids is 1. The standard InChI is InChI=1S/C20H21NO5/c1-12(22)18(19(23)24)21(2)20(25)26-11-17-15-9-5-3-7-13(15)14-8-4-6-10-16(14)17/h3-10,12,17-18,22H,11H2,1-2H3,(H,23,24)/t12?,18-/m0/s1. The number of carbonyl (C=O) groups is 2. The van der Waals surface area contributed by atoms with Gasteiger partial charge >= 0.3 is 12.1 Å². The van der Waals surface area contributed by atoms with E-state index in [0.717, 1.165) is 27.2 Å². The number of likely N-dealkylation sites (N-methyl/N-ethyl adjacent to an activating group) is 1. The Kier molecular flexibility index (Phi) is 4.95. The van der Waals surface area contributed by atoms with Gasteiger partial charge in [0.25, 0.3) is 0 Å². The lowest BCUT2D eigenvalue weighted by atomic mass is 9.98. The van der Waals surface area contributed by atoms with Gasteiger partial charge in [-0.3, -0.25) is 4.90 Å². The van der Waals surface area contributed by atoms with Crippen molar-refractivity contribution in [1.82, 2.24) is 4.90 Å². The molecule has 0 spiro atoms. The van der Waals surface area contributed by atoms with Crippen LogP contribution in [0.25, 0.3) is 11.1 Å². The summed E-state index contributed by atoms with van der Waals surface area (Å²) in [6.07, 6.45) is -1.99. The highest BCUT2D eigenvalue weighted by Crippen LogP contribution is 2.44. The molecule has 6 heteroatoms. The van der Waals surface area contributed by atoms with Crippen molar-refractivity contribution in [2.24, 2.45) is 0 Å². The van der Waals surface area contributed by atoms with Crippen LogP contribution in [-0.4, -0.2) is 53.0 Å². The Morgan fingerprint density at radius 2 is 1.58 bits per heavy atom. The average Bonchev–Trinajstić information content (AvgIpc) is 2.93. The fourth-order valence-corrected chi connectivity index (χ4v) is 3.50. The lowest BCUT2D eigenvalue weighted by molar-refractivity contribution is -0.145. The number of hydrogen-bond donors (Lipinski definition) is 2. The van der Waals surface area contributed by atoms with Crippen LogP contribution in [-0.2, 0) is 9.53 Å². The van der Waals surface area contributed by atoms with Crippen molar-refractivity contribution in [3.05, 3.63) is 59.7 Å². The zero-order valence-corrected chi connectivity index (χ0v) is 14.6. The van der Waals surface area contributed by atoms with E-state index in [9.17, 15) is 19.8 Å². The summed E-state index contributed by atoms with van der Waals surface area (Å²) in [5, 5.41) is 18.8. The number of aliphatic carboxylic acids is 1. The molecule has 1 aliphatic carbocycles. The molecular weight excluding hydrogens is 334 g/mol. The molecule has 0 heterocycles. The van der Waals surface area contributed by atoms with Crippen LogP contribution < -0.4 is 0 Å². The highest BCUT2D eigenvalue weighted by molar-refractivity contribution is 5.81. The molecule has 3 rings (SSSR count). The van der Waals surface area contributed by atoms with Gasteiger partial charge in [0.05, 0.1) is 6.10 Å². The number of fused-ring (bicyclic) bond motifs is 3. The van der Waals surface area contributed by atoms with Gasteiger partial charge in [-0.05, 0) is 29.2 Å². The Morgan fingerprint density at radius 1 is 1.08 bits per heavy atom. The normalized spacial score (nSPS) is 14.9.